The predicted octanol–water partition coefficient (Wildman–Crippen LogP) is 1.56. The van der Waals surface area contributed by atoms with Gasteiger partial charge in [-0.3, -0.25) is 14.3 Å². The molecule has 20 heavy (non-hydrogen) atoms. The third-order valence-corrected chi connectivity index (χ3v) is 3.62. The molecule has 2 rings (SSSR count). The number of carbonyl (C=O) groups excluding carboxylic acids is 2. The van der Waals surface area contributed by atoms with Gasteiger partial charge < -0.3 is 10.6 Å². The lowest BCUT2D eigenvalue weighted by atomic mass is 10.3. The number of aromatic nitrogens is 2. The van der Waals surface area contributed by atoms with E-state index in [4.69, 9.17) is 0 Å². The summed E-state index contributed by atoms with van der Waals surface area (Å²) in [6.07, 6.45) is 0. The number of rotatable bonds is 4. The molecular weight excluding hydrogens is 276 g/mol. The first-order chi connectivity index (χ1) is 9.51. The van der Waals surface area contributed by atoms with E-state index >= 15 is 0 Å². The summed E-state index contributed by atoms with van der Waals surface area (Å²) in [7, 11) is 1.56. The van der Waals surface area contributed by atoms with Gasteiger partial charge in [-0.15, -0.1) is 11.3 Å². The van der Waals surface area contributed by atoms with Crippen molar-refractivity contribution in [2.45, 2.75) is 20.4 Å². The molecule has 2 heterocycles. The highest BCUT2D eigenvalue weighted by molar-refractivity contribution is 7.14. The molecule has 0 spiro atoms. The largest absolute Gasteiger partial charge is 0.355 e. The molecule has 6 nitrogen and oxygen atoms in total. The summed E-state index contributed by atoms with van der Waals surface area (Å²) in [6.45, 7) is 3.91. The van der Waals surface area contributed by atoms with Crippen molar-refractivity contribution < 1.29 is 9.59 Å². The first kappa shape index (κ1) is 14.3. The molecule has 2 aromatic heterocycles. The van der Waals surface area contributed by atoms with E-state index in [1.165, 1.54) is 11.3 Å². The van der Waals surface area contributed by atoms with Gasteiger partial charge in [0.2, 0.25) is 5.91 Å². The molecule has 0 atom stereocenters. The lowest BCUT2D eigenvalue weighted by molar-refractivity contribution is -0.116. The highest BCUT2D eigenvalue weighted by Crippen LogP contribution is 2.23. The Bertz CT molecular complexity index is 645. The summed E-state index contributed by atoms with van der Waals surface area (Å²) in [4.78, 5) is 23.6. The van der Waals surface area contributed by atoms with Crippen LogP contribution < -0.4 is 10.6 Å². The zero-order chi connectivity index (χ0) is 14.7. The molecule has 0 aromatic carbocycles. The molecule has 0 aliphatic carbocycles. The van der Waals surface area contributed by atoms with Crippen LogP contribution in [0.15, 0.2) is 17.5 Å². The number of nitrogens with one attached hydrogen (secondary N) is 2. The summed E-state index contributed by atoms with van der Waals surface area (Å²) in [5.41, 5.74) is 2.27. The highest BCUT2D eigenvalue weighted by atomic mass is 32.1. The molecule has 2 amide bonds. The van der Waals surface area contributed by atoms with Gasteiger partial charge in [0.15, 0.2) is 0 Å². The summed E-state index contributed by atoms with van der Waals surface area (Å²) in [5, 5.41) is 11.8. The summed E-state index contributed by atoms with van der Waals surface area (Å²) in [6, 6.07) is 3.59. The number of amides is 2. The van der Waals surface area contributed by atoms with Crippen molar-refractivity contribution in [3.63, 3.8) is 0 Å². The van der Waals surface area contributed by atoms with Gasteiger partial charge in [-0.25, -0.2) is 0 Å². The minimum atomic E-state index is -0.215. The monoisotopic (exact) mass is 292 g/mol. The van der Waals surface area contributed by atoms with Crippen LogP contribution >= 0.6 is 11.3 Å². The van der Waals surface area contributed by atoms with Gasteiger partial charge in [0.05, 0.1) is 11.3 Å². The van der Waals surface area contributed by atoms with Crippen LogP contribution in [0, 0.1) is 13.8 Å². The van der Waals surface area contributed by atoms with E-state index in [-0.39, 0.29) is 18.4 Å². The average Bonchev–Trinajstić information content (AvgIpc) is 2.96. The highest BCUT2D eigenvalue weighted by Gasteiger charge is 2.14. The Balaban J connectivity index is 2.07. The van der Waals surface area contributed by atoms with Crippen LogP contribution in [-0.4, -0.2) is 28.6 Å². The van der Waals surface area contributed by atoms with Crippen molar-refractivity contribution in [2.75, 3.05) is 12.4 Å². The molecular formula is C13H16N4O2S. The molecule has 0 saturated heterocycles. The van der Waals surface area contributed by atoms with Crippen molar-refractivity contribution in [1.82, 2.24) is 15.1 Å². The number of thiophene rings is 1. The number of carbonyl (C=O) groups is 2. The van der Waals surface area contributed by atoms with Crippen molar-refractivity contribution in [3.05, 3.63) is 34.5 Å². The molecule has 7 heteroatoms. The number of hydrogen-bond donors (Lipinski definition) is 2. The number of nitrogens with zero attached hydrogens (tertiary/aromatic N) is 2. The number of aryl methyl sites for hydroxylation is 2. The second-order valence-corrected chi connectivity index (χ2v) is 5.29. The standard InChI is InChI=1S/C13H16N4O2S/c1-8-6-9(2)17(16-8)7-11(18)15-13-10(4-5-20-13)12(19)14-3/h4-6H,7H2,1-3H3,(H,14,19)(H,15,18). The minimum absolute atomic E-state index is 0.130. The molecule has 0 fully saturated rings. The third kappa shape index (κ3) is 3.05. The fourth-order valence-electron chi connectivity index (χ4n) is 1.86. The van der Waals surface area contributed by atoms with E-state index in [1.807, 2.05) is 19.9 Å². The molecule has 0 bridgehead atoms. The topological polar surface area (TPSA) is 76.0 Å². The van der Waals surface area contributed by atoms with Crippen LogP contribution in [0.25, 0.3) is 0 Å². The maximum Gasteiger partial charge on any atom is 0.254 e. The Hall–Kier alpha value is -2.15. The smallest absolute Gasteiger partial charge is 0.254 e. The van der Waals surface area contributed by atoms with E-state index in [9.17, 15) is 9.59 Å². The van der Waals surface area contributed by atoms with Crippen molar-refractivity contribution in [1.29, 1.82) is 0 Å². The van der Waals surface area contributed by atoms with Crippen LogP contribution in [0.2, 0.25) is 0 Å². The van der Waals surface area contributed by atoms with Crippen LogP contribution in [0.3, 0.4) is 0 Å². The molecule has 0 aliphatic heterocycles. The van der Waals surface area contributed by atoms with E-state index < -0.39 is 0 Å². The minimum Gasteiger partial charge on any atom is -0.355 e. The number of anilines is 1. The lowest BCUT2D eigenvalue weighted by Gasteiger charge is -2.07. The fraction of sp³-hybridized carbons (Fsp3) is 0.308. The van der Waals surface area contributed by atoms with E-state index in [2.05, 4.69) is 15.7 Å². The Morgan fingerprint density at radius 2 is 2.15 bits per heavy atom. The van der Waals surface area contributed by atoms with Gasteiger partial charge in [0.25, 0.3) is 5.91 Å². The van der Waals surface area contributed by atoms with Gasteiger partial charge in [-0.05, 0) is 31.4 Å². The summed E-state index contributed by atoms with van der Waals surface area (Å²) < 4.78 is 1.64. The van der Waals surface area contributed by atoms with E-state index in [0.717, 1.165) is 11.4 Å². The Morgan fingerprint density at radius 3 is 2.75 bits per heavy atom. The third-order valence-electron chi connectivity index (χ3n) is 2.79. The molecule has 106 valence electrons. The lowest BCUT2D eigenvalue weighted by Crippen LogP contribution is -2.23. The quantitative estimate of drug-likeness (QED) is 0.898. The second kappa shape index (κ2) is 5.87. The first-order valence-corrected chi connectivity index (χ1v) is 6.99. The Morgan fingerprint density at radius 1 is 1.40 bits per heavy atom. The van der Waals surface area contributed by atoms with Gasteiger partial charge >= 0.3 is 0 Å². The molecule has 0 aliphatic rings. The molecule has 2 aromatic rings. The number of hydrogen-bond acceptors (Lipinski definition) is 4. The Labute approximate surface area is 120 Å². The normalized spacial score (nSPS) is 10.3. The van der Waals surface area contributed by atoms with Gasteiger partial charge in [-0.2, -0.15) is 5.10 Å². The van der Waals surface area contributed by atoms with Crippen LogP contribution in [0.1, 0.15) is 21.7 Å². The zero-order valence-electron chi connectivity index (χ0n) is 11.6. The second-order valence-electron chi connectivity index (χ2n) is 4.38. The van der Waals surface area contributed by atoms with E-state index in [1.54, 1.807) is 23.2 Å². The molecule has 0 saturated carbocycles. The zero-order valence-corrected chi connectivity index (χ0v) is 12.4. The molecule has 2 N–H and O–H groups in total. The SMILES string of the molecule is CNC(=O)c1ccsc1NC(=O)Cn1nc(C)cc1C. The summed E-state index contributed by atoms with van der Waals surface area (Å²) in [5.74, 6) is -0.420. The Kier molecular flexibility index (Phi) is 4.19. The maximum atomic E-state index is 12.0. The maximum absolute atomic E-state index is 12.0. The van der Waals surface area contributed by atoms with E-state index in [0.29, 0.717) is 10.6 Å². The van der Waals surface area contributed by atoms with Gasteiger partial charge in [0.1, 0.15) is 11.5 Å². The van der Waals surface area contributed by atoms with Crippen molar-refractivity contribution >= 4 is 28.2 Å². The predicted molar refractivity (Wildman–Crippen MR) is 78.0 cm³/mol. The first-order valence-electron chi connectivity index (χ1n) is 6.11. The van der Waals surface area contributed by atoms with Crippen molar-refractivity contribution in [2.24, 2.45) is 0 Å². The molecule has 0 unspecified atom stereocenters. The van der Waals surface area contributed by atoms with Gasteiger partial charge in [-0.1, -0.05) is 0 Å². The fourth-order valence-corrected chi connectivity index (χ4v) is 2.66. The van der Waals surface area contributed by atoms with Crippen molar-refractivity contribution in [3.8, 4) is 0 Å². The van der Waals surface area contributed by atoms with Crippen LogP contribution in [-0.2, 0) is 11.3 Å². The average molecular weight is 292 g/mol. The van der Waals surface area contributed by atoms with Crippen LogP contribution in [0.5, 0.6) is 0 Å². The molecule has 0 radical (unpaired) electrons. The van der Waals surface area contributed by atoms with Crippen LogP contribution in [0.4, 0.5) is 5.00 Å². The van der Waals surface area contributed by atoms with Gasteiger partial charge in [0, 0.05) is 12.7 Å². The summed E-state index contributed by atoms with van der Waals surface area (Å²) >= 11 is 1.32.